The molecule has 0 bridgehead atoms. The number of hydrogen-bond acceptors (Lipinski definition) is 12. The van der Waals surface area contributed by atoms with E-state index >= 15 is 0 Å². The van der Waals surface area contributed by atoms with Gasteiger partial charge in [0.15, 0.2) is 11.0 Å². The van der Waals surface area contributed by atoms with E-state index < -0.39 is 0 Å². The molecule has 3 aromatic rings. The first-order valence-electron chi connectivity index (χ1n) is 15.5. The molecule has 1 saturated carbocycles. The van der Waals surface area contributed by atoms with Crippen LogP contribution in [0.25, 0.3) is 0 Å². The normalized spacial score (nSPS) is 14.8. The third kappa shape index (κ3) is 10.7. The van der Waals surface area contributed by atoms with Crippen molar-refractivity contribution in [1.82, 2.24) is 25.1 Å². The fraction of sp³-hybridized carbons (Fsp3) is 0.516. The van der Waals surface area contributed by atoms with Gasteiger partial charge in [0.05, 0.1) is 39.6 Å². The van der Waals surface area contributed by atoms with Gasteiger partial charge in [-0.2, -0.15) is 5.10 Å². The molecule has 14 nitrogen and oxygen atoms in total. The van der Waals surface area contributed by atoms with Gasteiger partial charge in [-0.25, -0.2) is 9.97 Å². The van der Waals surface area contributed by atoms with Crippen molar-refractivity contribution in [2.45, 2.75) is 29.8 Å². The summed E-state index contributed by atoms with van der Waals surface area (Å²) in [5, 5.41) is 14.0. The zero-order valence-electron chi connectivity index (χ0n) is 26.3. The number of nitrogens with zero attached hydrogens (tertiary/aromatic N) is 5. The summed E-state index contributed by atoms with van der Waals surface area (Å²) in [6.45, 7) is 7.10. The Kier molecular flexibility index (Phi) is 12.6. The SMILES string of the molecule is COCCOCCOCCOCC(=O)N1CCN(c2cc(Nc3cc(C)[nH]n3)nc(Sc3ccc(NC(=O)C4CC4)cc3)n2)CC1. The highest BCUT2D eigenvalue weighted by molar-refractivity contribution is 7.99. The Hall–Kier alpha value is -3.76. The zero-order valence-corrected chi connectivity index (χ0v) is 27.1. The van der Waals surface area contributed by atoms with Crippen LogP contribution in [0.5, 0.6) is 0 Å². The zero-order chi connectivity index (χ0) is 32.1. The molecule has 0 radical (unpaired) electrons. The number of ether oxygens (including phenoxy) is 4. The number of piperazine rings is 1. The number of hydrogen-bond donors (Lipinski definition) is 3. The van der Waals surface area contributed by atoms with Crippen molar-refractivity contribution in [2.75, 3.05) is 95.1 Å². The van der Waals surface area contributed by atoms with Crippen LogP contribution in [-0.4, -0.2) is 116 Å². The number of anilines is 4. The largest absolute Gasteiger partial charge is 0.382 e. The predicted molar refractivity (Wildman–Crippen MR) is 174 cm³/mol. The molecule has 1 saturated heterocycles. The summed E-state index contributed by atoms with van der Waals surface area (Å²) in [5.74, 6) is 2.21. The van der Waals surface area contributed by atoms with Crippen LogP contribution in [0.1, 0.15) is 18.5 Å². The lowest BCUT2D eigenvalue weighted by atomic mass is 10.3. The summed E-state index contributed by atoms with van der Waals surface area (Å²) in [6.07, 6.45) is 1.93. The van der Waals surface area contributed by atoms with Crippen molar-refractivity contribution in [1.29, 1.82) is 0 Å². The van der Waals surface area contributed by atoms with Crippen LogP contribution < -0.4 is 15.5 Å². The van der Waals surface area contributed by atoms with Crippen LogP contribution in [0.15, 0.2) is 46.5 Å². The Bertz CT molecular complexity index is 1410. The van der Waals surface area contributed by atoms with E-state index in [1.807, 2.05) is 48.2 Å². The maximum Gasteiger partial charge on any atom is 0.248 e. The lowest BCUT2D eigenvalue weighted by molar-refractivity contribution is -0.137. The van der Waals surface area contributed by atoms with Crippen LogP contribution in [0.4, 0.5) is 23.1 Å². The number of amides is 2. The van der Waals surface area contributed by atoms with Gasteiger partial charge in [0.1, 0.15) is 18.2 Å². The number of rotatable bonds is 18. The lowest BCUT2D eigenvalue weighted by Gasteiger charge is -2.35. The van der Waals surface area contributed by atoms with Crippen LogP contribution in [0.2, 0.25) is 0 Å². The van der Waals surface area contributed by atoms with E-state index in [-0.39, 0.29) is 24.3 Å². The Morgan fingerprint density at radius 3 is 2.26 bits per heavy atom. The van der Waals surface area contributed by atoms with Gasteiger partial charge in [0.2, 0.25) is 11.8 Å². The van der Waals surface area contributed by atoms with Gasteiger partial charge in [-0.3, -0.25) is 14.7 Å². The Morgan fingerprint density at radius 2 is 1.61 bits per heavy atom. The average Bonchev–Trinajstić information content (AvgIpc) is 3.84. The van der Waals surface area contributed by atoms with E-state index in [4.69, 9.17) is 28.9 Å². The quantitative estimate of drug-likeness (QED) is 0.136. The molecule has 2 amide bonds. The number of H-pyrrole nitrogens is 1. The summed E-state index contributed by atoms with van der Waals surface area (Å²) in [5.41, 5.74) is 1.71. The van der Waals surface area contributed by atoms with Crippen LogP contribution in [0.3, 0.4) is 0 Å². The second kappa shape index (κ2) is 17.2. The summed E-state index contributed by atoms with van der Waals surface area (Å²) < 4.78 is 21.3. The standard InChI is InChI=1S/C31H42N8O6S/c1-22-19-27(37-36-22)33-26-20-28(35-31(34-26)46-25-7-5-24(6-8-25)32-30(41)23-3-4-23)38-9-11-39(12-10-38)29(40)21-45-18-17-44-16-15-43-14-13-42-2/h5-8,19-20,23H,3-4,9-18,21H2,1-2H3,(H,32,41)(H2,33,34,35,36,37). The summed E-state index contributed by atoms with van der Waals surface area (Å²) in [6, 6.07) is 11.5. The molecular weight excluding hydrogens is 612 g/mol. The van der Waals surface area contributed by atoms with E-state index in [0.717, 1.165) is 34.9 Å². The van der Waals surface area contributed by atoms with Gasteiger partial charge < -0.3 is 39.4 Å². The number of aromatic amines is 1. The van der Waals surface area contributed by atoms with E-state index in [1.54, 1.807) is 7.11 Å². The smallest absolute Gasteiger partial charge is 0.248 e. The third-order valence-electron chi connectivity index (χ3n) is 7.29. The number of benzene rings is 1. The van der Waals surface area contributed by atoms with Gasteiger partial charge in [-0.1, -0.05) is 0 Å². The number of methoxy groups -OCH3 is 1. The van der Waals surface area contributed by atoms with Gasteiger partial charge in [-0.05, 0) is 55.8 Å². The first-order valence-corrected chi connectivity index (χ1v) is 16.3. The van der Waals surface area contributed by atoms with Crippen molar-refractivity contribution < 1.29 is 28.5 Å². The first-order chi connectivity index (χ1) is 22.5. The van der Waals surface area contributed by atoms with E-state index in [1.165, 1.54) is 11.8 Å². The highest BCUT2D eigenvalue weighted by atomic mass is 32.2. The van der Waals surface area contributed by atoms with Crippen LogP contribution in [0, 0.1) is 12.8 Å². The Morgan fingerprint density at radius 1 is 0.913 bits per heavy atom. The van der Waals surface area contributed by atoms with Gasteiger partial charge in [0, 0.05) is 67.6 Å². The van der Waals surface area contributed by atoms with Crippen LogP contribution >= 0.6 is 11.8 Å². The molecule has 1 aliphatic carbocycles. The van der Waals surface area contributed by atoms with Gasteiger partial charge in [-0.15, -0.1) is 0 Å². The number of carbonyl (C=O) groups excluding carboxylic acids is 2. The average molecular weight is 655 g/mol. The molecule has 5 rings (SSSR count). The van der Waals surface area contributed by atoms with Crippen molar-refractivity contribution >= 4 is 46.7 Å². The molecule has 46 heavy (non-hydrogen) atoms. The first kappa shape index (κ1) is 33.6. The second-order valence-corrected chi connectivity index (χ2v) is 12.0. The summed E-state index contributed by atoms with van der Waals surface area (Å²) >= 11 is 1.43. The molecule has 2 fully saturated rings. The highest BCUT2D eigenvalue weighted by Crippen LogP contribution is 2.32. The monoisotopic (exact) mass is 654 g/mol. The van der Waals surface area contributed by atoms with Gasteiger partial charge in [0.25, 0.3) is 0 Å². The number of nitrogens with one attached hydrogen (secondary N) is 3. The van der Waals surface area contributed by atoms with Crippen molar-refractivity contribution in [3.05, 3.63) is 42.1 Å². The number of aryl methyl sites for hydroxylation is 1. The van der Waals surface area contributed by atoms with Crippen molar-refractivity contribution in [3.63, 3.8) is 0 Å². The molecule has 2 aromatic heterocycles. The Labute approximate surface area is 272 Å². The molecule has 0 unspecified atom stereocenters. The minimum Gasteiger partial charge on any atom is -0.382 e. The topological polar surface area (TPSA) is 156 Å². The molecule has 1 aromatic carbocycles. The fourth-order valence-electron chi connectivity index (χ4n) is 4.62. The molecule has 0 spiro atoms. The molecule has 2 aliphatic rings. The molecule has 0 atom stereocenters. The summed E-state index contributed by atoms with van der Waals surface area (Å²) in [7, 11) is 1.63. The van der Waals surface area contributed by atoms with Crippen molar-refractivity contribution in [2.24, 2.45) is 5.92 Å². The summed E-state index contributed by atoms with van der Waals surface area (Å²) in [4.78, 5) is 39.4. The third-order valence-corrected chi connectivity index (χ3v) is 8.16. The molecular formula is C31H42N8O6S. The maximum atomic E-state index is 12.8. The lowest BCUT2D eigenvalue weighted by Crippen LogP contribution is -2.50. The van der Waals surface area contributed by atoms with Crippen LogP contribution in [-0.2, 0) is 28.5 Å². The second-order valence-electron chi connectivity index (χ2n) is 11.0. The van der Waals surface area contributed by atoms with E-state index in [0.29, 0.717) is 82.6 Å². The molecule has 15 heteroatoms. The maximum absolute atomic E-state index is 12.8. The number of carbonyl (C=O) groups is 2. The van der Waals surface area contributed by atoms with Gasteiger partial charge >= 0.3 is 0 Å². The minimum atomic E-state index is -0.0468. The number of aromatic nitrogens is 4. The fourth-order valence-corrected chi connectivity index (χ4v) is 5.38. The molecule has 3 heterocycles. The van der Waals surface area contributed by atoms with E-state index in [9.17, 15) is 9.59 Å². The minimum absolute atomic E-state index is 0.0161. The predicted octanol–water partition coefficient (Wildman–Crippen LogP) is 3.10. The van der Waals surface area contributed by atoms with E-state index in [2.05, 4.69) is 25.7 Å². The highest BCUT2D eigenvalue weighted by Gasteiger charge is 2.29. The molecule has 1 aliphatic heterocycles. The Balaban J connectivity index is 1.13. The van der Waals surface area contributed by atoms with Crippen molar-refractivity contribution in [3.8, 4) is 0 Å². The molecule has 3 N–H and O–H groups in total. The molecule has 248 valence electrons.